The molecule has 0 radical (unpaired) electrons. The van der Waals surface area contributed by atoms with Crippen LogP contribution in [0.1, 0.15) is 20.8 Å². The number of hydrogen-bond donors (Lipinski definition) is 0. The van der Waals surface area contributed by atoms with Crippen molar-refractivity contribution < 1.29 is 23.8 Å². The first-order chi connectivity index (χ1) is 8.55. The van der Waals surface area contributed by atoms with Gasteiger partial charge < -0.3 is 23.8 Å². The van der Waals surface area contributed by atoms with Gasteiger partial charge in [-0.3, -0.25) is 0 Å². The molecule has 18 heavy (non-hydrogen) atoms. The Morgan fingerprint density at radius 3 is 2.89 bits per heavy atom. The molecule has 0 aromatic carbocycles. The van der Waals surface area contributed by atoms with Gasteiger partial charge in [-0.15, -0.1) is 0 Å². The van der Waals surface area contributed by atoms with E-state index >= 15 is 0 Å². The van der Waals surface area contributed by atoms with E-state index in [0.29, 0.717) is 6.61 Å². The highest BCUT2D eigenvalue weighted by atomic mass is 16.8. The van der Waals surface area contributed by atoms with Crippen molar-refractivity contribution in [3.05, 3.63) is 0 Å². The molecular formula is C12H17NO5. The van der Waals surface area contributed by atoms with Gasteiger partial charge in [-0.05, 0) is 20.8 Å². The summed E-state index contributed by atoms with van der Waals surface area (Å²) in [5.41, 5.74) is 0.943. The number of hydrogen-bond acceptors (Lipinski definition) is 6. The van der Waals surface area contributed by atoms with Crippen molar-refractivity contribution in [1.29, 1.82) is 0 Å². The molecular weight excluding hydrogens is 238 g/mol. The lowest BCUT2D eigenvalue weighted by atomic mass is 9.90. The van der Waals surface area contributed by atoms with E-state index < -0.39 is 5.79 Å². The van der Waals surface area contributed by atoms with Crippen molar-refractivity contribution in [2.24, 2.45) is 11.1 Å². The molecule has 3 saturated heterocycles. The Balaban J connectivity index is 1.60. The van der Waals surface area contributed by atoms with Crippen LogP contribution in [0.25, 0.3) is 0 Å². The quantitative estimate of drug-likeness (QED) is 0.636. The summed E-state index contributed by atoms with van der Waals surface area (Å²) in [6.45, 7) is 6.37. The smallest absolute Gasteiger partial charge is 0.190 e. The summed E-state index contributed by atoms with van der Waals surface area (Å²) in [7, 11) is 0. The van der Waals surface area contributed by atoms with Crippen molar-refractivity contribution in [2.75, 3.05) is 6.61 Å². The largest absolute Gasteiger partial charge is 0.392 e. The van der Waals surface area contributed by atoms with Crippen LogP contribution in [0.2, 0.25) is 0 Å². The van der Waals surface area contributed by atoms with E-state index in [-0.39, 0.29) is 36.6 Å². The lowest BCUT2D eigenvalue weighted by molar-refractivity contribution is -0.213. The highest BCUT2D eigenvalue weighted by Crippen LogP contribution is 2.43. The molecule has 0 bridgehead atoms. The van der Waals surface area contributed by atoms with Crippen LogP contribution in [0.15, 0.2) is 5.16 Å². The van der Waals surface area contributed by atoms with Gasteiger partial charge in [-0.2, -0.15) is 0 Å². The third-order valence-corrected chi connectivity index (χ3v) is 4.02. The Bertz CT molecular complexity index is 409. The Hall–Kier alpha value is -0.690. The monoisotopic (exact) mass is 255 g/mol. The van der Waals surface area contributed by atoms with Crippen molar-refractivity contribution >= 4 is 5.71 Å². The van der Waals surface area contributed by atoms with Crippen LogP contribution < -0.4 is 0 Å². The second kappa shape index (κ2) is 3.45. The average Bonchev–Trinajstić information content (AvgIpc) is 2.89. The summed E-state index contributed by atoms with van der Waals surface area (Å²) >= 11 is 0. The first-order valence-corrected chi connectivity index (χ1v) is 6.41. The fourth-order valence-electron chi connectivity index (χ4n) is 3.12. The summed E-state index contributed by atoms with van der Waals surface area (Å²) in [4.78, 5) is 5.32. The highest BCUT2D eigenvalue weighted by molar-refractivity contribution is 5.93. The third-order valence-electron chi connectivity index (χ3n) is 4.02. The Morgan fingerprint density at radius 2 is 2.06 bits per heavy atom. The minimum absolute atomic E-state index is 0.0586. The molecule has 6 atom stereocenters. The van der Waals surface area contributed by atoms with Crippen LogP contribution in [0.5, 0.6) is 0 Å². The van der Waals surface area contributed by atoms with Gasteiger partial charge in [-0.1, -0.05) is 5.16 Å². The zero-order valence-electron chi connectivity index (χ0n) is 10.7. The van der Waals surface area contributed by atoms with Crippen LogP contribution in [0, 0.1) is 5.92 Å². The van der Waals surface area contributed by atoms with E-state index in [0.717, 1.165) is 5.71 Å². The minimum atomic E-state index is -0.609. The predicted molar refractivity (Wildman–Crippen MR) is 59.9 cm³/mol. The molecule has 0 aromatic rings. The minimum Gasteiger partial charge on any atom is -0.392 e. The maximum Gasteiger partial charge on any atom is 0.190 e. The molecule has 4 rings (SSSR count). The molecule has 0 aromatic heterocycles. The standard InChI is InChI=1S/C12H17NO5/c1-5-6-4-14-9-8(7(6)13-18-5)15-11-10(9)16-12(2,3)17-11/h5-6,8-11H,4H2,1-3H3/t5?,6-,8+,9+,10+,11+/m0/s1. The number of nitrogens with zero attached hydrogens (tertiary/aromatic N) is 1. The van der Waals surface area contributed by atoms with Crippen molar-refractivity contribution in [2.45, 2.75) is 57.3 Å². The van der Waals surface area contributed by atoms with Crippen LogP contribution in [0.3, 0.4) is 0 Å². The molecule has 0 N–H and O–H groups in total. The van der Waals surface area contributed by atoms with E-state index in [1.54, 1.807) is 0 Å². The summed E-state index contributed by atoms with van der Waals surface area (Å²) in [5.74, 6) is -0.417. The maximum atomic E-state index is 5.90. The van der Waals surface area contributed by atoms with Gasteiger partial charge in [0.25, 0.3) is 0 Å². The molecule has 6 heteroatoms. The van der Waals surface area contributed by atoms with Gasteiger partial charge in [-0.25, -0.2) is 0 Å². The molecule has 3 fully saturated rings. The Kier molecular flexibility index (Phi) is 2.14. The van der Waals surface area contributed by atoms with Crippen LogP contribution >= 0.6 is 0 Å². The van der Waals surface area contributed by atoms with Crippen molar-refractivity contribution in [3.63, 3.8) is 0 Å². The second-order valence-electron chi connectivity index (χ2n) is 5.76. The molecule has 4 aliphatic heterocycles. The first-order valence-electron chi connectivity index (χ1n) is 6.41. The van der Waals surface area contributed by atoms with Gasteiger partial charge in [0.05, 0.1) is 18.2 Å². The van der Waals surface area contributed by atoms with Gasteiger partial charge in [0, 0.05) is 0 Å². The summed E-state index contributed by atoms with van der Waals surface area (Å²) in [5, 5.41) is 4.15. The molecule has 0 spiro atoms. The number of fused-ring (bicyclic) bond motifs is 5. The van der Waals surface area contributed by atoms with Crippen LogP contribution in [0.4, 0.5) is 0 Å². The zero-order chi connectivity index (χ0) is 12.5. The SMILES string of the molecule is CC1ON=C2[C@H]1CO[C@H]1[C@H]3OC(C)(C)O[C@H]3O[C@H]21. The number of rotatable bonds is 0. The van der Waals surface area contributed by atoms with E-state index in [1.165, 1.54) is 0 Å². The Morgan fingerprint density at radius 1 is 1.22 bits per heavy atom. The maximum absolute atomic E-state index is 5.90. The van der Waals surface area contributed by atoms with E-state index in [9.17, 15) is 0 Å². The molecule has 1 unspecified atom stereocenters. The molecule has 100 valence electrons. The summed E-state index contributed by atoms with van der Waals surface area (Å²) < 4.78 is 23.4. The lowest BCUT2D eigenvalue weighted by Gasteiger charge is -2.32. The second-order valence-corrected chi connectivity index (χ2v) is 5.76. The van der Waals surface area contributed by atoms with Gasteiger partial charge >= 0.3 is 0 Å². The average molecular weight is 255 g/mol. The van der Waals surface area contributed by atoms with E-state index in [1.807, 2.05) is 20.8 Å². The summed E-state index contributed by atoms with van der Waals surface area (Å²) in [6.07, 6.45) is -0.819. The fourth-order valence-corrected chi connectivity index (χ4v) is 3.12. The molecule has 4 aliphatic rings. The number of ether oxygens (including phenoxy) is 4. The van der Waals surface area contributed by atoms with Crippen LogP contribution in [-0.4, -0.2) is 48.8 Å². The van der Waals surface area contributed by atoms with Gasteiger partial charge in [0.2, 0.25) is 0 Å². The lowest BCUT2D eigenvalue weighted by Crippen LogP contribution is -2.49. The first kappa shape index (κ1) is 11.2. The van der Waals surface area contributed by atoms with Crippen molar-refractivity contribution in [1.82, 2.24) is 0 Å². The summed E-state index contributed by atoms with van der Waals surface area (Å²) in [6, 6.07) is 0. The van der Waals surface area contributed by atoms with E-state index in [4.69, 9.17) is 23.8 Å². The van der Waals surface area contributed by atoms with Crippen molar-refractivity contribution in [3.8, 4) is 0 Å². The third kappa shape index (κ3) is 1.40. The molecule has 0 aliphatic carbocycles. The molecule has 0 saturated carbocycles. The topological polar surface area (TPSA) is 58.5 Å². The van der Waals surface area contributed by atoms with E-state index in [2.05, 4.69) is 5.16 Å². The van der Waals surface area contributed by atoms with Gasteiger partial charge in [0.1, 0.15) is 24.4 Å². The predicted octanol–water partition coefficient (Wildman–Crippen LogP) is 0.652. The molecule has 4 heterocycles. The molecule has 0 amide bonds. The van der Waals surface area contributed by atoms with Crippen LogP contribution in [-0.2, 0) is 23.8 Å². The fraction of sp³-hybridized carbons (Fsp3) is 0.917. The zero-order valence-corrected chi connectivity index (χ0v) is 10.7. The van der Waals surface area contributed by atoms with Gasteiger partial charge in [0.15, 0.2) is 12.1 Å². The Labute approximate surface area is 105 Å². The molecule has 6 nitrogen and oxygen atoms in total. The normalized spacial score (nSPS) is 52.3. The number of oxime groups is 1. The highest BCUT2D eigenvalue weighted by Gasteiger charge is 2.60.